The molecule has 0 aromatic carbocycles. The van der Waals surface area contributed by atoms with Crippen molar-refractivity contribution in [2.75, 3.05) is 26.2 Å². The van der Waals surface area contributed by atoms with Gasteiger partial charge in [-0.2, -0.15) is 0 Å². The van der Waals surface area contributed by atoms with Crippen LogP contribution in [0.3, 0.4) is 0 Å². The van der Waals surface area contributed by atoms with E-state index in [1.165, 1.54) is 11.3 Å². The monoisotopic (exact) mass is 344 g/mol. The van der Waals surface area contributed by atoms with Gasteiger partial charge in [-0.15, -0.1) is 11.3 Å². The van der Waals surface area contributed by atoms with Crippen molar-refractivity contribution in [1.29, 1.82) is 0 Å². The van der Waals surface area contributed by atoms with Gasteiger partial charge in [0.05, 0.1) is 9.70 Å². The van der Waals surface area contributed by atoms with Crippen molar-refractivity contribution in [3.63, 3.8) is 0 Å². The molecule has 104 valence electrons. The minimum atomic E-state index is -0.105. The number of carbonyl (C=O) groups is 2. The van der Waals surface area contributed by atoms with E-state index in [-0.39, 0.29) is 16.6 Å². The highest BCUT2D eigenvalue weighted by atomic mass is 79.9. The zero-order valence-corrected chi connectivity index (χ0v) is 13.2. The number of nitrogens with zero attached hydrogens (tertiary/aromatic N) is 2. The van der Waals surface area contributed by atoms with Crippen LogP contribution in [-0.2, 0) is 4.79 Å². The Labute approximate surface area is 125 Å². The molecule has 6 heteroatoms. The lowest BCUT2D eigenvalue weighted by atomic mass is 10.2. The van der Waals surface area contributed by atoms with Crippen molar-refractivity contribution in [2.24, 2.45) is 0 Å². The largest absolute Gasteiger partial charge is 0.338 e. The second kappa shape index (κ2) is 6.52. The zero-order valence-electron chi connectivity index (χ0n) is 10.8. The lowest BCUT2D eigenvalue weighted by Gasteiger charge is -2.35. The number of halogens is 1. The normalized spacial score (nSPS) is 17.4. The molecule has 2 amide bonds. The second-order valence-electron chi connectivity index (χ2n) is 4.47. The molecule has 1 aliphatic rings. The van der Waals surface area contributed by atoms with E-state index in [9.17, 15) is 9.59 Å². The molecule has 0 N–H and O–H groups in total. The first kappa shape index (κ1) is 14.5. The average molecular weight is 345 g/mol. The molecule has 4 nitrogen and oxygen atoms in total. The summed E-state index contributed by atoms with van der Waals surface area (Å²) in [6.45, 7) is 4.46. The Hall–Kier alpha value is -0.880. The maximum absolute atomic E-state index is 12.2. The van der Waals surface area contributed by atoms with E-state index in [1.54, 1.807) is 0 Å². The molecule has 19 heavy (non-hydrogen) atoms. The third kappa shape index (κ3) is 3.36. The third-order valence-electron chi connectivity index (χ3n) is 3.24. The van der Waals surface area contributed by atoms with Crippen molar-refractivity contribution in [3.8, 4) is 0 Å². The van der Waals surface area contributed by atoms with Gasteiger partial charge in [0.25, 0.3) is 5.91 Å². The van der Waals surface area contributed by atoms with Gasteiger partial charge in [-0.05, 0) is 17.9 Å². The first-order valence-corrected chi connectivity index (χ1v) is 8.18. The molecule has 2 heterocycles. The molecule has 1 aliphatic heterocycles. The SMILES string of the molecule is CCC(Br)C(=O)N1CCN(C(=O)c2cccs2)CC1. The number of piperazine rings is 1. The van der Waals surface area contributed by atoms with Gasteiger partial charge in [0.15, 0.2) is 0 Å². The Bertz CT molecular complexity index is 442. The van der Waals surface area contributed by atoms with E-state index in [2.05, 4.69) is 15.9 Å². The van der Waals surface area contributed by atoms with Crippen LogP contribution in [-0.4, -0.2) is 52.6 Å². The van der Waals surface area contributed by atoms with Crippen molar-refractivity contribution in [1.82, 2.24) is 9.80 Å². The maximum Gasteiger partial charge on any atom is 0.264 e. The van der Waals surface area contributed by atoms with Crippen LogP contribution in [0.5, 0.6) is 0 Å². The molecule has 1 aromatic rings. The van der Waals surface area contributed by atoms with Crippen molar-refractivity contribution in [3.05, 3.63) is 22.4 Å². The second-order valence-corrected chi connectivity index (χ2v) is 6.52. The number of thiophene rings is 1. The summed E-state index contributed by atoms with van der Waals surface area (Å²) in [7, 11) is 0. The maximum atomic E-state index is 12.2. The fourth-order valence-electron chi connectivity index (χ4n) is 2.06. The topological polar surface area (TPSA) is 40.6 Å². The van der Waals surface area contributed by atoms with Crippen molar-refractivity contribution in [2.45, 2.75) is 18.2 Å². The van der Waals surface area contributed by atoms with Gasteiger partial charge in [-0.1, -0.05) is 28.9 Å². The first-order valence-electron chi connectivity index (χ1n) is 6.39. The third-order valence-corrected chi connectivity index (χ3v) is 5.13. The predicted octanol–water partition coefficient (Wildman–Crippen LogP) is 2.21. The van der Waals surface area contributed by atoms with Gasteiger partial charge in [0.2, 0.25) is 5.91 Å². The molecular formula is C13H17BrN2O2S. The Balaban J connectivity index is 1.89. The molecule has 1 aromatic heterocycles. The summed E-state index contributed by atoms with van der Waals surface area (Å²) in [5.41, 5.74) is 0. The fourth-order valence-corrected chi connectivity index (χ4v) is 3.04. The van der Waals surface area contributed by atoms with Crippen LogP contribution < -0.4 is 0 Å². The average Bonchev–Trinajstić information content (AvgIpc) is 2.99. The number of rotatable bonds is 3. The van der Waals surface area contributed by atoms with Crippen LogP contribution in [0.1, 0.15) is 23.0 Å². The Morgan fingerprint density at radius 2 is 1.95 bits per heavy atom. The minimum Gasteiger partial charge on any atom is -0.338 e. The number of amides is 2. The summed E-state index contributed by atoms with van der Waals surface area (Å²) in [5, 5.41) is 1.91. The van der Waals surface area contributed by atoms with Crippen LogP contribution >= 0.6 is 27.3 Å². The smallest absolute Gasteiger partial charge is 0.264 e. The highest BCUT2D eigenvalue weighted by molar-refractivity contribution is 9.10. The summed E-state index contributed by atoms with van der Waals surface area (Å²) in [6, 6.07) is 3.73. The van der Waals surface area contributed by atoms with Crippen LogP contribution in [0, 0.1) is 0 Å². The van der Waals surface area contributed by atoms with Gasteiger partial charge >= 0.3 is 0 Å². The number of carbonyl (C=O) groups excluding carboxylic acids is 2. The predicted molar refractivity (Wildman–Crippen MR) is 79.8 cm³/mol. The van der Waals surface area contributed by atoms with Crippen molar-refractivity contribution < 1.29 is 9.59 Å². The molecule has 0 saturated carbocycles. The van der Waals surface area contributed by atoms with E-state index in [0.29, 0.717) is 26.2 Å². The molecule has 1 atom stereocenters. The van der Waals surface area contributed by atoms with Gasteiger partial charge < -0.3 is 9.80 Å². The van der Waals surface area contributed by atoms with Crippen LogP contribution in [0.25, 0.3) is 0 Å². The Kier molecular flexibility index (Phi) is 4.99. The zero-order chi connectivity index (χ0) is 13.8. The lowest BCUT2D eigenvalue weighted by molar-refractivity contribution is -0.131. The number of hydrogen-bond acceptors (Lipinski definition) is 3. The van der Waals surface area contributed by atoms with Gasteiger partial charge in [0, 0.05) is 26.2 Å². The highest BCUT2D eigenvalue weighted by Gasteiger charge is 2.27. The quantitative estimate of drug-likeness (QED) is 0.788. The van der Waals surface area contributed by atoms with Crippen LogP contribution in [0.15, 0.2) is 17.5 Å². The Morgan fingerprint density at radius 1 is 1.32 bits per heavy atom. The minimum absolute atomic E-state index is 0.0768. The van der Waals surface area contributed by atoms with Gasteiger partial charge in [0.1, 0.15) is 0 Å². The molecule has 2 rings (SSSR count). The van der Waals surface area contributed by atoms with Gasteiger partial charge in [-0.25, -0.2) is 0 Å². The van der Waals surface area contributed by atoms with E-state index in [4.69, 9.17) is 0 Å². The van der Waals surface area contributed by atoms with E-state index < -0.39 is 0 Å². The molecule has 1 saturated heterocycles. The Morgan fingerprint density at radius 3 is 2.47 bits per heavy atom. The molecular weight excluding hydrogens is 328 g/mol. The fraction of sp³-hybridized carbons (Fsp3) is 0.538. The van der Waals surface area contributed by atoms with Crippen molar-refractivity contribution >= 4 is 39.1 Å². The number of hydrogen-bond donors (Lipinski definition) is 0. The summed E-state index contributed by atoms with van der Waals surface area (Å²) >= 11 is 4.84. The molecule has 0 bridgehead atoms. The lowest BCUT2D eigenvalue weighted by Crippen LogP contribution is -2.52. The summed E-state index contributed by atoms with van der Waals surface area (Å²) < 4.78 is 0. The molecule has 0 aliphatic carbocycles. The number of alkyl halides is 1. The summed E-state index contributed by atoms with van der Waals surface area (Å²) in [5.74, 6) is 0.207. The van der Waals surface area contributed by atoms with Crippen LogP contribution in [0.2, 0.25) is 0 Å². The molecule has 1 unspecified atom stereocenters. The highest BCUT2D eigenvalue weighted by Crippen LogP contribution is 2.15. The summed E-state index contributed by atoms with van der Waals surface area (Å²) in [4.78, 5) is 28.5. The molecule has 0 spiro atoms. The summed E-state index contributed by atoms with van der Waals surface area (Å²) in [6.07, 6.45) is 0.785. The van der Waals surface area contributed by atoms with E-state index in [1.807, 2.05) is 34.2 Å². The van der Waals surface area contributed by atoms with E-state index in [0.717, 1.165) is 11.3 Å². The van der Waals surface area contributed by atoms with E-state index >= 15 is 0 Å². The first-order chi connectivity index (χ1) is 9.13. The van der Waals surface area contributed by atoms with Crippen LogP contribution in [0.4, 0.5) is 0 Å². The molecule has 0 radical (unpaired) electrons. The molecule has 1 fully saturated rings. The standard InChI is InChI=1S/C13H17BrN2O2S/c1-2-10(14)12(17)15-5-7-16(8-6-15)13(18)11-4-3-9-19-11/h3-4,9-10H,2,5-8H2,1H3. The van der Waals surface area contributed by atoms with Gasteiger partial charge in [-0.3, -0.25) is 9.59 Å².